The SMILES string of the molecule is CCCCN(CC(=O)NCC(=O)OC)C(=O)[C@@]1(C)CC[C@]2(C)CC[C@]3(C)C(=CC(=O)[C@@H]4[C@@]5(C)CC[C@H](O)C(C)(C)[C@@H]5CC[C@]43C)[C@@H]2C1. The van der Waals surface area contributed by atoms with Crippen molar-refractivity contribution in [3.63, 3.8) is 0 Å². The number of carbonyl (C=O) groups excluding carboxylic acids is 4. The van der Waals surface area contributed by atoms with E-state index in [1.54, 1.807) is 4.90 Å². The highest BCUT2D eigenvalue weighted by molar-refractivity contribution is 5.96. The third-order valence-corrected chi connectivity index (χ3v) is 15.1. The summed E-state index contributed by atoms with van der Waals surface area (Å²) in [5.74, 6) is -0.308. The van der Waals surface area contributed by atoms with E-state index in [0.717, 1.165) is 64.2 Å². The molecular weight excluding hydrogens is 592 g/mol. The number of allylic oxidation sites excluding steroid dienone is 2. The van der Waals surface area contributed by atoms with E-state index in [2.05, 4.69) is 65.4 Å². The van der Waals surface area contributed by atoms with Crippen LogP contribution in [0.4, 0.5) is 0 Å². The number of carbonyl (C=O) groups is 4. The quantitative estimate of drug-likeness (QED) is 0.300. The summed E-state index contributed by atoms with van der Waals surface area (Å²) in [5.41, 5.74) is -0.114. The number of aliphatic hydroxyl groups excluding tert-OH is 1. The van der Waals surface area contributed by atoms with Gasteiger partial charge in [-0.1, -0.05) is 67.4 Å². The first-order valence-electron chi connectivity index (χ1n) is 18.4. The molecule has 5 aliphatic carbocycles. The van der Waals surface area contributed by atoms with Gasteiger partial charge in [-0.25, -0.2) is 0 Å². The second kappa shape index (κ2) is 12.3. The maximum Gasteiger partial charge on any atom is 0.325 e. The maximum absolute atomic E-state index is 14.6. The molecule has 8 nitrogen and oxygen atoms in total. The summed E-state index contributed by atoms with van der Waals surface area (Å²) in [5, 5.41) is 13.6. The van der Waals surface area contributed by atoms with Crippen molar-refractivity contribution in [1.82, 2.24) is 10.2 Å². The zero-order valence-corrected chi connectivity index (χ0v) is 30.7. The van der Waals surface area contributed by atoms with E-state index in [9.17, 15) is 24.3 Å². The average Bonchev–Trinajstić information content (AvgIpc) is 3.01. The molecule has 0 unspecified atom stereocenters. The monoisotopic (exact) mass is 654 g/mol. The summed E-state index contributed by atoms with van der Waals surface area (Å²) in [7, 11) is 1.28. The molecule has 5 aliphatic rings. The molecule has 0 radical (unpaired) electrons. The summed E-state index contributed by atoms with van der Waals surface area (Å²) in [6.07, 6.45) is 11.5. The molecule has 0 spiro atoms. The van der Waals surface area contributed by atoms with Gasteiger partial charge in [-0.05, 0) is 109 Å². The summed E-state index contributed by atoms with van der Waals surface area (Å²) in [4.78, 5) is 55.3. The van der Waals surface area contributed by atoms with Crippen LogP contribution in [0, 0.1) is 50.2 Å². The average molecular weight is 655 g/mol. The molecule has 0 aliphatic heterocycles. The molecule has 0 aromatic carbocycles. The van der Waals surface area contributed by atoms with Gasteiger partial charge in [-0.15, -0.1) is 0 Å². The molecule has 0 bridgehead atoms. The van der Waals surface area contributed by atoms with Gasteiger partial charge in [0.2, 0.25) is 11.8 Å². The van der Waals surface area contributed by atoms with Crippen molar-refractivity contribution in [2.45, 2.75) is 132 Å². The van der Waals surface area contributed by atoms with Crippen LogP contribution >= 0.6 is 0 Å². The summed E-state index contributed by atoms with van der Waals surface area (Å²) in [6, 6.07) is 0. The van der Waals surface area contributed by atoms with Crippen molar-refractivity contribution < 1.29 is 29.0 Å². The van der Waals surface area contributed by atoms with Gasteiger partial charge < -0.3 is 20.1 Å². The van der Waals surface area contributed by atoms with E-state index in [0.29, 0.717) is 18.9 Å². The molecule has 264 valence electrons. The maximum atomic E-state index is 14.6. The van der Waals surface area contributed by atoms with Crippen LogP contribution in [0.15, 0.2) is 11.6 Å². The first kappa shape index (κ1) is 36.1. The Kier molecular flexibility index (Phi) is 9.42. The highest BCUT2D eigenvalue weighted by atomic mass is 16.5. The number of hydrogen-bond acceptors (Lipinski definition) is 6. The third-order valence-electron chi connectivity index (χ3n) is 15.1. The number of nitrogens with zero attached hydrogens (tertiary/aromatic N) is 1. The molecule has 4 fully saturated rings. The molecule has 0 saturated heterocycles. The van der Waals surface area contributed by atoms with E-state index < -0.39 is 11.4 Å². The highest BCUT2D eigenvalue weighted by Gasteiger charge is 2.70. The summed E-state index contributed by atoms with van der Waals surface area (Å²) < 4.78 is 4.66. The number of rotatable bonds is 8. The zero-order valence-electron chi connectivity index (χ0n) is 30.7. The Morgan fingerprint density at radius 1 is 0.979 bits per heavy atom. The van der Waals surface area contributed by atoms with Gasteiger partial charge in [0.05, 0.1) is 19.8 Å². The lowest BCUT2D eigenvalue weighted by atomic mass is 9.33. The number of amides is 2. The number of esters is 1. The predicted octanol–water partition coefficient (Wildman–Crippen LogP) is 6.25. The highest BCUT2D eigenvalue weighted by Crippen LogP contribution is 2.75. The molecule has 9 atom stereocenters. The van der Waals surface area contributed by atoms with Crippen LogP contribution in [0.2, 0.25) is 0 Å². The number of ether oxygens (including phenoxy) is 1. The topological polar surface area (TPSA) is 113 Å². The van der Waals surface area contributed by atoms with Crippen LogP contribution in [-0.4, -0.2) is 66.4 Å². The fourth-order valence-electron chi connectivity index (χ4n) is 11.8. The Labute approximate surface area is 283 Å². The van der Waals surface area contributed by atoms with E-state index in [-0.39, 0.29) is 75.7 Å². The lowest BCUT2D eigenvalue weighted by Crippen LogP contribution is -2.66. The molecule has 47 heavy (non-hydrogen) atoms. The number of fused-ring (bicyclic) bond motifs is 7. The molecule has 5 rings (SSSR count). The van der Waals surface area contributed by atoms with Gasteiger partial charge >= 0.3 is 5.97 Å². The molecular formula is C39H62N2O6. The number of aliphatic hydroxyl groups is 1. The number of hydrogen-bond donors (Lipinski definition) is 2. The van der Waals surface area contributed by atoms with Gasteiger partial charge in [-0.2, -0.15) is 0 Å². The fourth-order valence-corrected chi connectivity index (χ4v) is 11.8. The molecule has 2 amide bonds. The van der Waals surface area contributed by atoms with Crippen LogP contribution in [-0.2, 0) is 23.9 Å². The molecule has 8 heteroatoms. The van der Waals surface area contributed by atoms with Crippen LogP contribution in [0.5, 0.6) is 0 Å². The van der Waals surface area contributed by atoms with Crippen LogP contribution in [0.1, 0.15) is 126 Å². The Bertz CT molecular complexity index is 1320. The molecule has 4 saturated carbocycles. The predicted molar refractivity (Wildman–Crippen MR) is 182 cm³/mol. The Morgan fingerprint density at radius 2 is 1.66 bits per heavy atom. The summed E-state index contributed by atoms with van der Waals surface area (Å²) in [6.45, 7) is 18.3. The van der Waals surface area contributed by atoms with Crippen molar-refractivity contribution >= 4 is 23.6 Å². The van der Waals surface area contributed by atoms with E-state index in [4.69, 9.17) is 0 Å². The van der Waals surface area contributed by atoms with Crippen molar-refractivity contribution in [2.24, 2.45) is 50.2 Å². The Hall–Kier alpha value is -2.22. The van der Waals surface area contributed by atoms with Crippen LogP contribution < -0.4 is 5.32 Å². The second-order valence-corrected chi connectivity index (χ2v) is 18.1. The van der Waals surface area contributed by atoms with Crippen molar-refractivity contribution in [2.75, 3.05) is 26.7 Å². The number of unbranched alkanes of at least 4 members (excludes halogenated alkanes) is 1. The van der Waals surface area contributed by atoms with E-state index in [1.165, 1.54) is 12.7 Å². The van der Waals surface area contributed by atoms with Gasteiger partial charge in [-0.3, -0.25) is 19.2 Å². The van der Waals surface area contributed by atoms with Crippen LogP contribution in [0.25, 0.3) is 0 Å². The fraction of sp³-hybridized carbons (Fsp3) is 0.846. The molecule has 0 aromatic heterocycles. The minimum absolute atomic E-state index is 0.00340. The van der Waals surface area contributed by atoms with Gasteiger partial charge in [0.1, 0.15) is 6.54 Å². The molecule has 2 N–H and O–H groups in total. The number of methoxy groups -OCH3 is 1. The van der Waals surface area contributed by atoms with Crippen LogP contribution in [0.3, 0.4) is 0 Å². The Balaban J connectivity index is 1.46. The smallest absolute Gasteiger partial charge is 0.325 e. The number of ketones is 1. The lowest BCUT2D eigenvalue weighted by Gasteiger charge is -2.70. The largest absolute Gasteiger partial charge is 0.468 e. The zero-order chi connectivity index (χ0) is 34.8. The first-order valence-corrected chi connectivity index (χ1v) is 18.4. The molecule has 0 heterocycles. The van der Waals surface area contributed by atoms with Crippen molar-refractivity contribution in [1.29, 1.82) is 0 Å². The Morgan fingerprint density at radius 3 is 2.32 bits per heavy atom. The summed E-state index contributed by atoms with van der Waals surface area (Å²) >= 11 is 0. The minimum Gasteiger partial charge on any atom is -0.468 e. The number of nitrogens with one attached hydrogen (secondary N) is 1. The lowest BCUT2D eigenvalue weighted by molar-refractivity contribution is -0.202. The standard InChI is InChI=1S/C39H62N2O6/c1-10-11-20-41(24-30(44)40-23-31(45)47-9)33(46)36(5)17-16-35(4)18-19-38(7)25(26(35)22-36)21-27(42)32-37(6)14-13-29(43)34(2,3)28(37)12-15-39(32,38)8/h21,26,28-29,32,43H,10-20,22-24H2,1-9H3,(H,40,44)/t26-,28-,29-,32+,35+,36-,37-,38+,39+/m0/s1. The van der Waals surface area contributed by atoms with E-state index >= 15 is 0 Å². The first-order chi connectivity index (χ1) is 21.8. The van der Waals surface area contributed by atoms with E-state index in [1.807, 2.05) is 6.08 Å². The minimum atomic E-state index is -0.659. The second-order valence-electron chi connectivity index (χ2n) is 18.1. The van der Waals surface area contributed by atoms with Gasteiger partial charge in [0.25, 0.3) is 0 Å². The van der Waals surface area contributed by atoms with Crippen molar-refractivity contribution in [3.8, 4) is 0 Å². The van der Waals surface area contributed by atoms with Gasteiger partial charge in [0.15, 0.2) is 5.78 Å². The van der Waals surface area contributed by atoms with Gasteiger partial charge in [0, 0.05) is 17.9 Å². The third kappa shape index (κ3) is 5.60. The van der Waals surface area contributed by atoms with Crippen molar-refractivity contribution in [3.05, 3.63) is 11.6 Å². The normalized spacial score (nSPS) is 42.1. The molecule has 0 aromatic rings.